The van der Waals surface area contributed by atoms with E-state index < -0.39 is 23.7 Å². The lowest BCUT2D eigenvalue weighted by Gasteiger charge is -2.27. The van der Waals surface area contributed by atoms with Crippen molar-refractivity contribution in [3.05, 3.63) is 71.3 Å². The van der Waals surface area contributed by atoms with Gasteiger partial charge in [0.15, 0.2) is 0 Å². The van der Waals surface area contributed by atoms with Crippen molar-refractivity contribution in [2.75, 3.05) is 6.54 Å². The number of nitrogens with zero attached hydrogens (tertiary/aromatic N) is 1. The Morgan fingerprint density at radius 1 is 1.03 bits per heavy atom. The Morgan fingerprint density at radius 3 is 2.34 bits per heavy atom. The smallest absolute Gasteiger partial charge is 0.411 e. The van der Waals surface area contributed by atoms with Gasteiger partial charge in [0.25, 0.3) is 0 Å². The van der Waals surface area contributed by atoms with Crippen LogP contribution in [-0.4, -0.2) is 35.2 Å². The normalized spacial score (nSPS) is 19.1. The summed E-state index contributed by atoms with van der Waals surface area (Å²) in [5, 5.41) is 0. The van der Waals surface area contributed by atoms with Gasteiger partial charge in [0, 0.05) is 12.5 Å². The number of aryl methyl sites for hydroxylation is 1. The minimum absolute atomic E-state index is 0.0676. The second kappa shape index (κ2) is 8.68. The molecule has 5 nitrogen and oxygen atoms in total. The molecular formula is C24H29NO4. The topological polar surface area (TPSA) is 55.8 Å². The van der Waals surface area contributed by atoms with Gasteiger partial charge in [-0.25, -0.2) is 9.59 Å². The standard InChI is InChI=1S/C24H29NO4/c1-17-10-8-9-13-20(17)19-14-21(25(15-19)23(27)29-24(2,3)4)22(26)28-16-18-11-6-5-7-12-18/h5-13,19,21H,14-16H2,1-4H3/t19-,21+/m1/s1. The van der Waals surface area contributed by atoms with E-state index in [4.69, 9.17) is 9.47 Å². The number of rotatable bonds is 4. The molecule has 0 bridgehead atoms. The van der Waals surface area contributed by atoms with Crippen molar-refractivity contribution < 1.29 is 19.1 Å². The van der Waals surface area contributed by atoms with Crippen molar-refractivity contribution in [1.82, 2.24) is 4.90 Å². The molecule has 2 aromatic carbocycles. The summed E-state index contributed by atoms with van der Waals surface area (Å²) in [6.45, 7) is 8.14. The fourth-order valence-electron chi connectivity index (χ4n) is 3.68. The molecule has 2 atom stereocenters. The van der Waals surface area contributed by atoms with E-state index >= 15 is 0 Å². The molecule has 0 aromatic heterocycles. The Labute approximate surface area is 172 Å². The Hall–Kier alpha value is -2.82. The highest BCUT2D eigenvalue weighted by atomic mass is 16.6. The summed E-state index contributed by atoms with van der Waals surface area (Å²) >= 11 is 0. The van der Waals surface area contributed by atoms with Crippen LogP contribution in [0.15, 0.2) is 54.6 Å². The first kappa shape index (κ1) is 20.9. The van der Waals surface area contributed by atoms with Crippen molar-refractivity contribution in [2.45, 2.75) is 58.3 Å². The van der Waals surface area contributed by atoms with E-state index in [1.54, 1.807) is 0 Å². The molecule has 0 radical (unpaired) electrons. The lowest BCUT2D eigenvalue weighted by Crippen LogP contribution is -2.44. The van der Waals surface area contributed by atoms with Crippen LogP contribution < -0.4 is 0 Å². The van der Waals surface area contributed by atoms with Gasteiger partial charge in [-0.2, -0.15) is 0 Å². The molecule has 1 fully saturated rings. The number of likely N-dealkylation sites (tertiary alicyclic amines) is 1. The summed E-state index contributed by atoms with van der Waals surface area (Å²) in [4.78, 5) is 27.2. The first-order valence-corrected chi connectivity index (χ1v) is 10.0. The summed E-state index contributed by atoms with van der Waals surface area (Å²) in [7, 11) is 0. The largest absolute Gasteiger partial charge is 0.459 e. The van der Waals surface area contributed by atoms with Gasteiger partial charge in [-0.05, 0) is 50.8 Å². The first-order valence-electron chi connectivity index (χ1n) is 10.0. The molecule has 1 aliphatic rings. The molecule has 1 heterocycles. The number of benzene rings is 2. The maximum Gasteiger partial charge on any atom is 0.411 e. The average molecular weight is 395 g/mol. The van der Waals surface area contributed by atoms with E-state index in [1.807, 2.05) is 76.2 Å². The lowest BCUT2D eigenvalue weighted by atomic mass is 9.93. The first-order chi connectivity index (χ1) is 13.7. The van der Waals surface area contributed by atoms with Crippen LogP contribution in [0.3, 0.4) is 0 Å². The molecule has 0 spiro atoms. The molecule has 154 valence electrons. The molecule has 5 heteroatoms. The van der Waals surface area contributed by atoms with Crippen LogP contribution in [0, 0.1) is 6.92 Å². The highest BCUT2D eigenvalue weighted by Crippen LogP contribution is 2.35. The maximum absolute atomic E-state index is 12.9. The van der Waals surface area contributed by atoms with E-state index in [1.165, 1.54) is 4.90 Å². The zero-order valence-electron chi connectivity index (χ0n) is 17.6. The van der Waals surface area contributed by atoms with Crippen LogP contribution in [-0.2, 0) is 20.9 Å². The van der Waals surface area contributed by atoms with Crippen molar-refractivity contribution in [2.24, 2.45) is 0 Å². The van der Waals surface area contributed by atoms with Gasteiger partial charge >= 0.3 is 12.1 Å². The van der Waals surface area contributed by atoms with Gasteiger partial charge in [-0.15, -0.1) is 0 Å². The third-order valence-corrected chi connectivity index (χ3v) is 5.05. The molecule has 1 amide bonds. The molecule has 1 saturated heterocycles. The van der Waals surface area contributed by atoms with Crippen molar-refractivity contribution in [1.29, 1.82) is 0 Å². The summed E-state index contributed by atoms with van der Waals surface area (Å²) in [5.41, 5.74) is 2.59. The van der Waals surface area contributed by atoms with Gasteiger partial charge in [-0.3, -0.25) is 4.90 Å². The Bertz CT molecular complexity index is 857. The predicted octanol–water partition coefficient (Wildman–Crippen LogP) is 4.83. The molecule has 0 N–H and O–H groups in total. The van der Waals surface area contributed by atoms with Crippen LogP contribution in [0.25, 0.3) is 0 Å². The summed E-state index contributed by atoms with van der Waals surface area (Å²) in [6, 6.07) is 17.0. The number of esters is 1. The number of ether oxygens (including phenoxy) is 2. The highest BCUT2D eigenvalue weighted by Gasteiger charge is 2.43. The van der Waals surface area contributed by atoms with Crippen LogP contribution >= 0.6 is 0 Å². The molecule has 1 aliphatic heterocycles. The molecule has 2 aromatic rings. The third-order valence-electron chi connectivity index (χ3n) is 5.05. The van der Waals surface area contributed by atoms with Crippen LogP contribution in [0.5, 0.6) is 0 Å². The quantitative estimate of drug-likeness (QED) is 0.696. The average Bonchev–Trinajstić information content (AvgIpc) is 3.11. The maximum atomic E-state index is 12.9. The van der Waals surface area contributed by atoms with Gasteiger partial charge in [0.05, 0.1) is 0 Å². The summed E-state index contributed by atoms with van der Waals surface area (Å²) < 4.78 is 11.1. The molecule has 0 unspecified atom stereocenters. The van der Waals surface area contributed by atoms with Gasteiger partial charge in [0.2, 0.25) is 0 Å². The number of hydrogen-bond acceptors (Lipinski definition) is 4. The van der Waals surface area contributed by atoms with E-state index in [0.29, 0.717) is 13.0 Å². The van der Waals surface area contributed by atoms with Crippen molar-refractivity contribution in [3.63, 3.8) is 0 Å². The van der Waals surface area contributed by atoms with Crippen molar-refractivity contribution >= 4 is 12.1 Å². The highest BCUT2D eigenvalue weighted by molar-refractivity contribution is 5.82. The van der Waals surface area contributed by atoms with E-state index in [-0.39, 0.29) is 12.5 Å². The zero-order chi connectivity index (χ0) is 21.0. The van der Waals surface area contributed by atoms with E-state index in [0.717, 1.165) is 16.7 Å². The summed E-state index contributed by atoms with van der Waals surface area (Å²) in [5.74, 6) is -0.325. The van der Waals surface area contributed by atoms with Gasteiger partial charge < -0.3 is 9.47 Å². The molecular weight excluding hydrogens is 366 g/mol. The summed E-state index contributed by atoms with van der Waals surface area (Å²) in [6.07, 6.45) is 0.0489. The van der Waals surface area contributed by atoms with E-state index in [9.17, 15) is 9.59 Å². The number of carbonyl (C=O) groups is 2. The molecule has 3 rings (SSSR count). The zero-order valence-corrected chi connectivity index (χ0v) is 17.6. The number of hydrogen-bond donors (Lipinski definition) is 0. The SMILES string of the molecule is Cc1ccccc1[C@@H]1C[C@@H](C(=O)OCc2ccccc2)N(C(=O)OC(C)(C)C)C1. The molecule has 0 aliphatic carbocycles. The minimum Gasteiger partial charge on any atom is -0.459 e. The monoisotopic (exact) mass is 395 g/mol. The van der Waals surface area contributed by atoms with Gasteiger partial charge in [0.1, 0.15) is 18.2 Å². The Balaban J connectivity index is 1.77. The second-order valence-electron chi connectivity index (χ2n) is 8.53. The van der Waals surface area contributed by atoms with Crippen LogP contribution in [0.4, 0.5) is 4.79 Å². The number of amides is 1. The fraction of sp³-hybridized carbons (Fsp3) is 0.417. The lowest BCUT2D eigenvalue weighted by molar-refractivity contribution is -0.150. The van der Waals surface area contributed by atoms with E-state index in [2.05, 4.69) is 6.07 Å². The molecule has 0 saturated carbocycles. The fourth-order valence-corrected chi connectivity index (χ4v) is 3.68. The van der Waals surface area contributed by atoms with Crippen molar-refractivity contribution in [3.8, 4) is 0 Å². The molecule has 29 heavy (non-hydrogen) atoms. The predicted molar refractivity (Wildman–Crippen MR) is 112 cm³/mol. The number of carbonyl (C=O) groups excluding carboxylic acids is 2. The Kier molecular flexibility index (Phi) is 6.26. The van der Waals surface area contributed by atoms with Crippen LogP contribution in [0.1, 0.15) is 49.8 Å². The third kappa shape index (κ3) is 5.37. The second-order valence-corrected chi connectivity index (χ2v) is 8.53. The Morgan fingerprint density at radius 2 is 1.69 bits per heavy atom. The van der Waals surface area contributed by atoms with Gasteiger partial charge in [-0.1, -0.05) is 54.6 Å². The minimum atomic E-state index is -0.654. The van der Waals surface area contributed by atoms with Crippen LogP contribution in [0.2, 0.25) is 0 Å².